The van der Waals surface area contributed by atoms with Crippen LogP contribution in [-0.4, -0.2) is 57.1 Å². The predicted octanol–water partition coefficient (Wildman–Crippen LogP) is 2.94. The van der Waals surface area contributed by atoms with Gasteiger partial charge in [0.15, 0.2) is 5.82 Å². The molecular weight excluding hydrogens is 378 g/mol. The summed E-state index contributed by atoms with van der Waals surface area (Å²) in [6.45, 7) is 3.91. The van der Waals surface area contributed by atoms with Crippen molar-refractivity contribution in [2.24, 2.45) is 0 Å². The first-order chi connectivity index (χ1) is 13.6. The molecule has 0 unspecified atom stereocenters. The Labute approximate surface area is 167 Å². The number of rotatable bonds is 5. The summed E-state index contributed by atoms with van der Waals surface area (Å²) in [7, 11) is 0. The number of aromatic carboxylic acids is 1. The number of piperazine rings is 1. The first-order valence-corrected chi connectivity index (χ1v) is 9.46. The Morgan fingerprint density at radius 1 is 0.964 bits per heavy atom. The van der Waals surface area contributed by atoms with Crippen LogP contribution < -0.4 is 4.90 Å². The first-order valence-electron chi connectivity index (χ1n) is 9.08. The van der Waals surface area contributed by atoms with Crippen molar-refractivity contribution in [2.45, 2.75) is 6.54 Å². The standard InChI is InChI=1S/C20H20ClN5O2/c21-16-8-4-5-9-17(16)26-22-18(20(27)28)19(23-26)25-12-10-24(11-13-25)14-15-6-2-1-3-7-15/h1-9H,10-14H2,(H,27,28). The molecule has 28 heavy (non-hydrogen) atoms. The van der Waals surface area contributed by atoms with E-state index < -0.39 is 5.97 Å². The van der Waals surface area contributed by atoms with Crippen molar-refractivity contribution in [1.82, 2.24) is 19.9 Å². The minimum absolute atomic E-state index is 0.0589. The second-order valence-electron chi connectivity index (χ2n) is 6.67. The number of anilines is 1. The van der Waals surface area contributed by atoms with Gasteiger partial charge in [0.2, 0.25) is 5.69 Å². The second-order valence-corrected chi connectivity index (χ2v) is 7.07. The molecule has 1 aliphatic heterocycles. The summed E-state index contributed by atoms with van der Waals surface area (Å²) in [6, 6.07) is 17.4. The Bertz CT molecular complexity index is 968. The average Bonchev–Trinajstić information content (AvgIpc) is 3.15. The van der Waals surface area contributed by atoms with Gasteiger partial charge in [-0.3, -0.25) is 4.90 Å². The third kappa shape index (κ3) is 3.85. The van der Waals surface area contributed by atoms with E-state index in [0.29, 0.717) is 29.6 Å². The van der Waals surface area contributed by atoms with Crippen LogP contribution in [0.25, 0.3) is 5.69 Å². The molecule has 0 bridgehead atoms. The fourth-order valence-corrected chi connectivity index (χ4v) is 3.54. The number of aromatic nitrogens is 3. The molecule has 1 aliphatic rings. The Kier molecular flexibility index (Phi) is 5.27. The van der Waals surface area contributed by atoms with Gasteiger partial charge in [0.05, 0.1) is 5.02 Å². The molecule has 0 aliphatic carbocycles. The Morgan fingerprint density at radius 3 is 2.32 bits per heavy atom. The Balaban J connectivity index is 1.52. The van der Waals surface area contributed by atoms with Gasteiger partial charge in [-0.25, -0.2) is 4.79 Å². The zero-order valence-electron chi connectivity index (χ0n) is 15.2. The number of carboxylic acids is 1. The summed E-state index contributed by atoms with van der Waals surface area (Å²) in [5.74, 6) is -0.716. The lowest BCUT2D eigenvalue weighted by molar-refractivity contribution is 0.0690. The second kappa shape index (κ2) is 8.00. The summed E-state index contributed by atoms with van der Waals surface area (Å²) in [6.07, 6.45) is 0. The van der Waals surface area contributed by atoms with Crippen LogP contribution in [0.3, 0.4) is 0 Å². The van der Waals surface area contributed by atoms with Gasteiger partial charge in [-0.1, -0.05) is 54.1 Å². The highest BCUT2D eigenvalue weighted by atomic mass is 35.5. The lowest BCUT2D eigenvalue weighted by Crippen LogP contribution is -2.46. The number of carbonyl (C=O) groups is 1. The van der Waals surface area contributed by atoms with Crippen molar-refractivity contribution in [1.29, 1.82) is 0 Å². The molecule has 4 rings (SSSR count). The summed E-state index contributed by atoms with van der Waals surface area (Å²) in [5, 5.41) is 18.7. The van der Waals surface area contributed by atoms with Crippen LogP contribution >= 0.6 is 11.6 Å². The highest BCUT2D eigenvalue weighted by Crippen LogP contribution is 2.23. The zero-order chi connectivity index (χ0) is 19.5. The van der Waals surface area contributed by atoms with Crippen molar-refractivity contribution in [3.8, 4) is 5.69 Å². The SMILES string of the molecule is O=C(O)c1nn(-c2ccccc2Cl)nc1N1CCN(Cc2ccccc2)CC1. The molecule has 0 spiro atoms. The highest BCUT2D eigenvalue weighted by Gasteiger charge is 2.27. The molecule has 7 nitrogen and oxygen atoms in total. The van der Waals surface area contributed by atoms with Crippen LogP contribution in [0.4, 0.5) is 5.82 Å². The molecule has 1 N–H and O–H groups in total. The summed E-state index contributed by atoms with van der Waals surface area (Å²) in [4.78, 5) is 17.3. The molecule has 0 amide bonds. The van der Waals surface area contributed by atoms with Crippen LogP contribution in [-0.2, 0) is 6.54 Å². The van der Waals surface area contributed by atoms with E-state index in [1.165, 1.54) is 10.4 Å². The van der Waals surface area contributed by atoms with E-state index in [-0.39, 0.29) is 5.69 Å². The number of hydrogen-bond donors (Lipinski definition) is 1. The zero-order valence-corrected chi connectivity index (χ0v) is 16.0. The maximum Gasteiger partial charge on any atom is 0.360 e. The fraction of sp³-hybridized carbons (Fsp3) is 0.250. The van der Waals surface area contributed by atoms with E-state index in [1.54, 1.807) is 18.2 Å². The van der Waals surface area contributed by atoms with Gasteiger partial charge in [0.25, 0.3) is 0 Å². The van der Waals surface area contributed by atoms with Crippen LogP contribution in [0.5, 0.6) is 0 Å². The van der Waals surface area contributed by atoms with Crippen molar-refractivity contribution < 1.29 is 9.90 Å². The van der Waals surface area contributed by atoms with Crippen molar-refractivity contribution >= 4 is 23.4 Å². The molecule has 0 atom stereocenters. The smallest absolute Gasteiger partial charge is 0.360 e. The Hall–Kier alpha value is -2.90. The molecule has 1 saturated heterocycles. The molecule has 8 heteroatoms. The van der Waals surface area contributed by atoms with E-state index >= 15 is 0 Å². The monoisotopic (exact) mass is 397 g/mol. The Morgan fingerprint density at radius 2 is 1.64 bits per heavy atom. The summed E-state index contributed by atoms with van der Waals surface area (Å²) in [5.41, 5.74) is 1.77. The molecule has 3 aromatic rings. The largest absolute Gasteiger partial charge is 0.476 e. The van der Waals surface area contributed by atoms with E-state index in [2.05, 4.69) is 27.2 Å². The summed E-state index contributed by atoms with van der Waals surface area (Å²) >= 11 is 6.21. The minimum atomic E-state index is -1.10. The lowest BCUT2D eigenvalue weighted by Gasteiger charge is -2.34. The first kappa shape index (κ1) is 18.5. The van der Waals surface area contributed by atoms with E-state index in [0.717, 1.165) is 19.6 Å². The van der Waals surface area contributed by atoms with Gasteiger partial charge >= 0.3 is 5.97 Å². The molecule has 2 heterocycles. The van der Waals surface area contributed by atoms with Crippen LogP contribution in [0.2, 0.25) is 5.02 Å². The highest BCUT2D eigenvalue weighted by molar-refractivity contribution is 6.32. The molecule has 0 radical (unpaired) electrons. The van der Waals surface area contributed by atoms with E-state index in [9.17, 15) is 9.90 Å². The molecular formula is C20H20ClN5O2. The van der Waals surface area contributed by atoms with E-state index in [1.807, 2.05) is 29.2 Å². The quantitative estimate of drug-likeness (QED) is 0.713. The maximum absolute atomic E-state index is 11.7. The number of hydrogen-bond acceptors (Lipinski definition) is 5. The average molecular weight is 398 g/mol. The molecule has 1 fully saturated rings. The van der Waals surface area contributed by atoms with Gasteiger partial charge in [-0.05, 0) is 17.7 Å². The van der Waals surface area contributed by atoms with Gasteiger partial charge in [0, 0.05) is 32.7 Å². The third-order valence-electron chi connectivity index (χ3n) is 4.79. The number of carboxylic acid groups (broad SMARTS) is 1. The number of benzene rings is 2. The van der Waals surface area contributed by atoms with Crippen LogP contribution in [0.15, 0.2) is 54.6 Å². The number of para-hydroxylation sites is 1. The van der Waals surface area contributed by atoms with Gasteiger partial charge < -0.3 is 10.0 Å². The molecule has 1 aromatic heterocycles. The van der Waals surface area contributed by atoms with Gasteiger partial charge in [0.1, 0.15) is 5.69 Å². The minimum Gasteiger partial charge on any atom is -0.476 e. The summed E-state index contributed by atoms with van der Waals surface area (Å²) < 4.78 is 0. The molecule has 144 valence electrons. The number of nitrogens with zero attached hydrogens (tertiary/aromatic N) is 5. The predicted molar refractivity (Wildman–Crippen MR) is 107 cm³/mol. The molecule has 0 saturated carbocycles. The van der Waals surface area contributed by atoms with Crippen molar-refractivity contribution in [2.75, 3.05) is 31.1 Å². The van der Waals surface area contributed by atoms with E-state index in [4.69, 9.17) is 11.6 Å². The van der Waals surface area contributed by atoms with Crippen LogP contribution in [0, 0.1) is 0 Å². The normalized spacial score (nSPS) is 15.0. The van der Waals surface area contributed by atoms with Crippen molar-refractivity contribution in [3.63, 3.8) is 0 Å². The maximum atomic E-state index is 11.7. The third-order valence-corrected chi connectivity index (χ3v) is 5.11. The topological polar surface area (TPSA) is 74.5 Å². The number of halogens is 1. The van der Waals surface area contributed by atoms with Crippen LogP contribution in [0.1, 0.15) is 16.1 Å². The van der Waals surface area contributed by atoms with Crippen molar-refractivity contribution in [3.05, 3.63) is 70.9 Å². The lowest BCUT2D eigenvalue weighted by atomic mass is 10.2. The molecule has 2 aromatic carbocycles. The van der Waals surface area contributed by atoms with Gasteiger partial charge in [-0.15, -0.1) is 15.0 Å². The van der Waals surface area contributed by atoms with Gasteiger partial charge in [-0.2, -0.15) is 0 Å². The fourth-order valence-electron chi connectivity index (χ4n) is 3.33.